The predicted molar refractivity (Wildman–Crippen MR) is 92.8 cm³/mol. The van der Waals surface area contributed by atoms with Crippen LogP contribution < -0.4 is 5.32 Å². The van der Waals surface area contributed by atoms with Crippen molar-refractivity contribution < 1.29 is 13.2 Å². The van der Waals surface area contributed by atoms with Crippen LogP contribution in [0, 0.1) is 11.3 Å². The Morgan fingerprint density at radius 2 is 1.88 bits per heavy atom. The third-order valence-electron chi connectivity index (χ3n) is 4.26. The normalized spacial score (nSPS) is 15.9. The Bertz CT molecular complexity index is 702. The molecule has 0 heterocycles. The summed E-state index contributed by atoms with van der Waals surface area (Å²) in [7, 11) is -3.32. The molecule has 2 rings (SSSR count). The van der Waals surface area contributed by atoms with Gasteiger partial charge < -0.3 is 5.32 Å². The van der Waals surface area contributed by atoms with Gasteiger partial charge >= 0.3 is 0 Å². The molecule has 0 saturated heterocycles. The van der Waals surface area contributed by atoms with Gasteiger partial charge in [0.05, 0.1) is 17.9 Å². The summed E-state index contributed by atoms with van der Waals surface area (Å²) in [5, 5.41) is 11.5. The fourth-order valence-corrected chi connectivity index (χ4v) is 4.23. The van der Waals surface area contributed by atoms with E-state index in [-0.39, 0.29) is 24.9 Å². The molecule has 24 heavy (non-hydrogen) atoms. The van der Waals surface area contributed by atoms with Crippen LogP contribution in [-0.4, -0.2) is 37.5 Å². The summed E-state index contributed by atoms with van der Waals surface area (Å²) in [5.41, 5.74) is 1.12. The molecule has 1 saturated carbocycles. The summed E-state index contributed by atoms with van der Waals surface area (Å²) in [6.07, 6.45) is 6.27. The maximum absolute atomic E-state index is 12.1. The average molecular weight is 349 g/mol. The summed E-state index contributed by atoms with van der Waals surface area (Å²) in [5.74, 6) is -0.232. The zero-order chi connectivity index (χ0) is 17.6. The Balaban J connectivity index is 1.92. The molecule has 1 N–H and O–H groups in total. The Hall–Kier alpha value is -1.91. The highest BCUT2D eigenvalue weighted by Crippen LogP contribution is 2.24. The van der Waals surface area contributed by atoms with Crippen molar-refractivity contribution >= 4 is 21.6 Å². The molecule has 130 valence electrons. The Morgan fingerprint density at radius 1 is 1.25 bits per heavy atom. The van der Waals surface area contributed by atoms with E-state index in [1.807, 2.05) is 6.07 Å². The first kappa shape index (κ1) is 18.4. The number of benzene rings is 1. The first-order chi connectivity index (χ1) is 11.4. The van der Waals surface area contributed by atoms with Crippen molar-refractivity contribution in [1.29, 1.82) is 5.26 Å². The van der Waals surface area contributed by atoms with Crippen molar-refractivity contribution in [3.63, 3.8) is 0 Å². The Labute approximate surface area is 143 Å². The topological polar surface area (TPSA) is 90.3 Å². The summed E-state index contributed by atoms with van der Waals surface area (Å²) < 4.78 is 25.5. The predicted octanol–water partition coefficient (Wildman–Crippen LogP) is 2.48. The van der Waals surface area contributed by atoms with Crippen LogP contribution in [0.2, 0.25) is 0 Å². The molecule has 0 bridgehead atoms. The second kappa shape index (κ2) is 8.27. The van der Waals surface area contributed by atoms with Crippen LogP contribution in [0.1, 0.15) is 44.1 Å². The van der Waals surface area contributed by atoms with Gasteiger partial charge in [-0.2, -0.15) is 9.57 Å². The van der Waals surface area contributed by atoms with E-state index in [1.165, 1.54) is 10.6 Å². The van der Waals surface area contributed by atoms with Gasteiger partial charge in [-0.1, -0.05) is 19.3 Å². The lowest BCUT2D eigenvalue weighted by molar-refractivity contribution is -0.116. The maximum Gasteiger partial charge on any atom is 0.225 e. The van der Waals surface area contributed by atoms with E-state index in [9.17, 15) is 13.2 Å². The number of carbonyl (C=O) groups excluding carboxylic acids is 1. The highest BCUT2D eigenvalue weighted by atomic mass is 32.2. The van der Waals surface area contributed by atoms with Crippen LogP contribution in [0.25, 0.3) is 0 Å². The molecule has 0 unspecified atom stereocenters. The van der Waals surface area contributed by atoms with Gasteiger partial charge in [-0.3, -0.25) is 4.79 Å². The van der Waals surface area contributed by atoms with E-state index >= 15 is 0 Å². The molecule has 7 heteroatoms. The number of amides is 1. The van der Waals surface area contributed by atoms with Crippen molar-refractivity contribution in [2.24, 2.45) is 0 Å². The number of sulfonamides is 1. The fourth-order valence-electron chi connectivity index (χ4n) is 3.05. The van der Waals surface area contributed by atoms with Gasteiger partial charge in [0.15, 0.2) is 0 Å². The Morgan fingerprint density at radius 3 is 2.42 bits per heavy atom. The van der Waals surface area contributed by atoms with E-state index in [1.54, 1.807) is 24.3 Å². The van der Waals surface area contributed by atoms with Gasteiger partial charge in [0.2, 0.25) is 15.9 Å². The van der Waals surface area contributed by atoms with Crippen LogP contribution in [0.5, 0.6) is 0 Å². The van der Waals surface area contributed by atoms with Gasteiger partial charge in [0.25, 0.3) is 0 Å². The molecule has 0 spiro atoms. The molecule has 1 aliphatic rings. The van der Waals surface area contributed by atoms with Crippen LogP contribution in [-0.2, 0) is 14.8 Å². The van der Waals surface area contributed by atoms with Crippen molar-refractivity contribution in [3.8, 4) is 6.07 Å². The molecule has 0 aromatic heterocycles. The van der Waals surface area contributed by atoms with Crippen molar-refractivity contribution in [2.75, 3.05) is 18.1 Å². The number of rotatable bonds is 6. The van der Waals surface area contributed by atoms with E-state index in [2.05, 4.69) is 5.32 Å². The number of nitrogens with one attached hydrogen (secondary N) is 1. The van der Waals surface area contributed by atoms with Crippen LogP contribution in [0.4, 0.5) is 5.69 Å². The lowest BCUT2D eigenvalue weighted by Crippen LogP contribution is -2.42. The van der Waals surface area contributed by atoms with Gasteiger partial charge in [0.1, 0.15) is 0 Å². The number of anilines is 1. The smallest absolute Gasteiger partial charge is 0.225 e. The average Bonchev–Trinajstić information content (AvgIpc) is 2.55. The number of hydrogen-bond donors (Lipinski definition) is 1. The monoisotopic (exact) mass is 349 g/mol. The summed E-state index contributed by atoms with van der Waals surface area (Å²) >= 11 is 0. The third kappa shape index (κ3) is 5.32. The molecule has 1 amide bonds. The summed E-state index contributed by atoms with van der Waals surface area (Å²) in [4.78, 5) is 12.1. The Kier molecular flexibility index (Phi) is 6.35. The largest absolute Gasteiger partial charge is 0.326 e. The summed E-state index contributed by atoms with van der Waals surface area (Å²) in [6, 6.07) is 8.59. The standard InChI is InChI=1S/C17H23N3O3S/c1-24(22,23)20(16-5-3-2-4-6-16)12-11-17(21)19-15-9-7-14(13-18)8-10-15/h7-10,16H,2-6,11-12H2,1H3,(H,19,21). The van der Waals surface area contributed by atoms with Gasteiger partial charge in [0, 0.05) is 24.7 Å². The number of nitriles is 1. The maximum atomic E-state index is 12.1. The van der Waals surface area contributed by atoms with Crippen LogP contribution in [0.3, 0.4) is 0 Å². The van der Waals surface area contributed by atoms with Gasteiger partial charge in [-0.05, 0) is 37.1 Å². The molecular formula is C17H23N3O3S. The first-order valence-corrected chi connectivity index (χ1v) is 10.0. The van der Waals surface area contributed by atoms with E-state index in [0.717, 1.165) is 32.1 Å². The molecule has 0 radical (unpaired) electrons. The van der Waals surface area contributed by atoms with Crippen LogP contribution >= 0.6 is 0 Å². The number of carbonyl (C=O) groups is 1. The second-order valence-electron chi connectivity index (χ2n) is 6.15. The minimum absolute atomic E-state index is 0.0106. The molecule has 1 aromatic rings. The number of hydrogen-bond acceptors (Lipinski definition) is 4. The van der Waals surface area contributed by atoms with Crippen molar-refractivity contribution in [1.82, 2.24) is 4.31 Å². The van der Waals surface area contributed by atoms with E-state index < -0.39 is 10.0 Å². The molecule has 0 aliphatic heterocycles. The van der Waals surface area contributed by atoms with Gasteiger partial charge in [-0.15, -0.1) is 0 Å². The minimum atomic E-state index is -3.32. The molecular weight excluding hydrogens is 326 g/mol. The SMILES string of the molecule is CS(=O)(=O)N(CCC(=O)Nc1ccc(C#N)cc1)C1CCCCC1. The van der Waals surface area contributed by atoms with E-state index in [0.29, 0.717) is 11.3 Å². The third-order valence-corrected chi connectivity index (χ3v) is 5.60. The summed E-state index contributed by atoms with van der Waals surface area (Å²) in [6.45, 7) is 0.200. The highest BCUT2D eigenvalue weighted by Gasteiger charge is 2.28. The van der Waals surface area contributed by atoms with Crippen molar-refractivity contribution in [3.05, 3.63) is 29.8 Å². The van der Waals surface area contributed by atoms with Crippen LogP contribution in [0.15, 0.2) is 24.3 Å². The van der Waals surface area contributed by atoms with E-state index in [4.69, 9.17) is 5.26 Å². The zero-order valence-corrected chi connectivity index (χ0v) is 14.7. The number of nitrogens with zero attached hydrogens (tertiary/aromatic N) is 2. The minimum Gasteiger partial charge on any atom is -0.326 e. The lowest BCUT2D eigenvalue weighted by Gasteiger charge is -2.32. The fraction of sp³-hybridized carbons (Fsp3) is 0.529. The molecule has 0 atom stereocenters. The second-order valence-corrected chi connectivity index (χ2v) is 8.09. The zero-order valence-electron chi connectivity index (χ0n) is 13.9. The van der Waals surface area contributed by atoms with Gasteiger partial charge in [-0.25, -0.2) is 8.42 Å². The molecule has 1 aliphatic carbocycles. The quantitative estimate of drug-likeness (QED) is 0.854. The van der Waals surface area contributed by atoms with Crippen molar-refractivity contribution in [2.45, 2.75) is 44.6 Å². The highest BCUT2D eigenvalue weighted by molar-refractivity contribution is 7.88. The first-order valence-electron chi connectivity index (χ1n) is 8.17. The molecule has 6 nitrogen and oxygen atoms in total. The molecule has 1 fully saturated rings. The lowest BCUT2D eigenvalue weighted by atomic mass is 9.95. The molecule has 1 aromatic carbocycles.